The van der Waals surface area contributed by atoms with Gasteiger partial charge in [-0.2, -0.15) is 5.10 Å². The molecule has 3 aromatic rings. The summed E-state index contributed by atoms with van der Waals surface area (Å²) >= 11 is 0. The van der Waals surface area contributed by atoms with Crippen molar-refractivity contribution in [2.45, 2.75) is 13.0 Å². The maximum atomic E-state index is 12.7. The number of oxazole rings is 1. The lowest BCUT2D eigenvalue weighted by Gasteiger charge is -2.31. The molecule has 9 nitrogen and oxygen atoms in total. The molecule has 0 bridgehead atoms. The lowest BCUT2D eigenvalue weighted by molar-refractivity contribution is 0.0703. The molecule has 160 valence electrons. The van der Waals surface area contributed by atoms with Gasteiger partial charge in [0.05, 0.1) is 24.1 Å². The number of rotatable bonds is 6. The largest absolute Gasteiger partial charge is 0.491 e. The van der Waals surface area contributed by atoms with Gasteiger partial charge in [0.2, 0.25) is 5.89 Å². The molecule has 1 atom stereocenters. The third-order valence-electron chi connectivity index (χ3n) is 4.67. The zero-order chi connectivity index (χ0) is 20.2. The molecule has 1 saturated heterocycles. The van der Waals surface area contributed by atoms with E-state index in [1.807, 2.05) is 31.2 Å². The molecule has 1 amide bonds. The third-order valence-corrected chi connectivity index (χ3v) is 4.67. The molecule has 0 radical (unpaired) electrons. The van der Waals surface area contributed by atoms with Crippen molar-refractivity contribution in [2.75, 3.05) is 32.8 Å². The van der Waals surface area contributed by atoms with Crippen LogP contribution in [0.4, 0.5) is 0 Å². The summed E-state index contributed by atoms with van der Waals surface area (Å²) in [5, 5.41) is 16.5. The minimum absolute atomic E-state index is 0. The molecule has 30 heavy (non-hydrogen) atoms. The van der Waals surface area contributed by atoms with E-state index in [0.717, 1.165) is 12.2 Å². The van der Waals surface area contributed by atoms with E-state index in [1.54, 1.807) is 22.0 Å². The predicted molar refractivity (Wildman–Crippen MR) is 112 cm³/mol. The summed E-state index contributed by atoms with van der Waals surface area (Å²) in [6.45, 7) is 4.35. The first kappa shape index (κ1) is 21.8. The van der Waals surface area contributed by atoms with Gasteiger partial charge in [0.25, 0.3) is 5.91 Å². The van der Waals surface area contributed by atoms with Crippen molar-refractivity contribution in [2.24, 2.45) is 0 Å². The fourth-order valence-electron chi connectivity index (χ4n) is 3.22. The summed E-state index contributed by atoms with van der Waals surface area (Å²) in [5.41, 5.74) is 1.82. The Balaban J connectivity index is 0.00000256. The van der Waals surface area contributed by atoms with E-state index >= 15 is 0 Å². The third kappa shape index (κ3) is 4.81. The van der Waals surface area contributed by atoms with Gasteiger partial charge in [-0.3, -0.25) is 4.79 Å². The van der Waals surface area contributed by atoms with Crippen molar-refractivity contribution in [1.82, 2.24) is 25.0 Å². The first-order chi connectivity index (χ1) is 14.1. The Morgan fingerprint density at radius 1 is 1.37 bits per heavy atom. The van der Waals surface area contributed by atoms with E-state index in [1.165, 1.54) is 6.26 Å². The van der Waals surface area contributed by atoms with Gasteiger partial charge in [0.15, 0.2) is 5.69 Å². The number of hydrogen-bond donors (Lipinski definition) is 2. The summed E-state index contributed by atoms with van der Waals surface area (Å²) in [6, 6.07) is 7.60. The Kier molecular flexibility index (Phi) is 7.09. The van der Waals surface area contributed by atoms with Gasteiger partial charge >= 0.3 is 0 Å². The molecule has 0 spiro atoms. The molecule has 0 unspecified atom stereocenters. The van der Waals surface area contributed by atoms with Crippen molar-refractivity contribution in [1.29, 1.82) is 0 Å². The smallest absolute Gasteiger partial charge is 0.275 e. The zero-order valence-corrected chi connectivity index (χ0v) is 17.3. The van der Waals surface area contributed by atoms with Gasteiger partial charge in [-0.25, -0.2) is 9.67 Å². The first-order valence-electron chi connectivity index (χ1n) is 9.51. The molecule has 1 fully saturated rings. The van der Waals surface area contributed by atoms with Gasteiger partial charge in [0.1, 0.15) is 18.6 Å². The first-order valence-corrected chi connectivity index (χ1v) is 9.51. The van der Waals surface area contributed by atoms with Gasteiger partial charge in [-0.15, -0.1) is 12.4 Å². The van der Waals surface area contributed by atoms with Crippen LogP contribution >= 0.6 is 12.4 Å². The van der Waals surface area contributed by atoms with Crippen LogP contribution in [0.5, 0.6) is 5.75 Å². The van der Waals surface area contributed by atoms with Crippen LogP contribution < -0.4 is 10.1 Å². The highest BCUT2D eigenvalue weighted by Crippen LogP contribution is 2.21. The van der Waals surface area contributed by atoms with Crippen LogP contribution in [-0.4, -0.2) is 69.6 Å². The number of nitrogens with zero attached hydrogens (tertiary/aromatic N) is 4. The number of aliphatic hydroxyl groups is 1. The number of aliphatic hydroxyl groups excluding tert-OH is 1. The fraction of sp³-hybridized carbons (Fsp3) is 0.350. The predicted octanol–water partition coefficient (Wildman–Crippen LogP) is 1.75. The van der Waals surface area contributed by atoms with Gasteiger partial charge < -0.3 is 24.5 Å². The lowest BCUT2D eigenvalue weighted by atomic mass is 10.2. The minimum atomic E-state index is -0.126. The number of ether oxygens (including phenoxy) is 1. The molecule has 0 aliphatic carbocycles. The number of amides is 1. The Labute approximate surface area is 180 Å². The van der Waals surface area contributed by atoms with Crippen molar-refractivity contribution in [3.8, 4) is 22.9 Å². The Morgan fingerprint density at radius 2 is 2.17 bits per heavy atom. The van der Waals surface area contributed by atoms with E-state index in [2.05, 4.69) is 15.4 Å². The number of carbonyl (C=O) groups is 1. The number of carbonyl (C=O) groups excluding carboxylic acids is 1. The molecule has 1 aromatic carbocycles. The van der Waals surface area contributed by atoms with Crippen molar-refractivity contribution >= 4 is 18.3 Å². The summed E-state index contributed by atoms with van der Waals surface area (Å²) in [5.74, 6) is 0.901. The number of piperazine rings is 1. The molecular formula is C20H24ClN5O4. The van der Waals surface area contributed by atoms with Crippen LogP contribution in [0.15, 0.2) is 47.3 Å². The van der Waals surface area contributed by atoms with Crippen molar-refractivity contribution < 1.29 is 19.1 Å². The molecule has 2 aromatic heterocycles. The Hall–Kier alpha value is -2.88. The lowest BCUT2D eigenvalue weighted by Crippen LogP contribution is -2.51. The van der Waals surface area contributed by atoms with Crippen LogP contribution in [0.25, 0.3) is 17.1 Å². The molecule has 0 saturated carbocycles. The van der Waals surface area contributed by atoms with Crippen LogP contribution in [0.3, 0.4) is 0 Å². The second-order valence-corrected chi connectivity index (χ2v) is 6.88. The van der Waals surface area contributed by atoms with E-state index in [0.29, 0.717) is 36.0 Å². The van der Waals surface area contributed by atoms with Crippen LogP contribution in [-0.2, 0) is 0 Å². The Morgan fingerprint density at radius 3 is 2.90 bits per heavy atom. The van der Waals surface area contributed by atoms with Crippen molar-refractivity contribution in [3.63, 3.8) is 0 Å². The Bertz CT molecular complexity index is 972. The molecular weight excluding hydrogens is 410 g/mol. The minimum Gasteiger partial charge on any atom is -0.491 e. The molecule has 1 aliphatic rings. The second kappa shape index (κ2) is 9.75. The second-order valence-electron chi connectivity index (χ2n) is 6.88. The molecule has 2 N–H and O–H groups in total. The van der Waals surface area contributed by atoms with E-state index < -0.39 is 0 Å². The monoisotopic (exact) mass is 433 g/mol. The normalized spacial score (nSPS) is 16.2. The number of nitrogens with one attached hydrogen (secondary N) is 1. The number of benzene rings is 1. The SMILES string of the molecule is C[C@H]1CN(C(=O)c2coc(-c3cnn(-c4ccc(OCCO)cc4)c3)n2)CCN1.Cl. The number of hydrogen-bond acceptors (Lipinski definition) is 7. The summed E-state index contributed by atoms with van der Waals surface area (Å²) in [7, 11) is 0. The average Bonchev–Trinajstić information content (AvgIpc) is 3.42. The molecule has 1 aliphatic heterocycles. The quantitative estimate of drug-likeness (QED) is 0.610. The maximum Gasteiger partial charge on any atom is 0.275 e. The summed E-state index contributed by atoms with van der Waals surface area (Å²) in [6.07, 6.45) is 4.83. The van der Waals surface area contributed by atoms with Crippen LogP contribution in [0.1, 0.15) is 17.4 Å². The topological polar surface area (TPSA) is 106 Å². The van der Waals surface area contributed by atoms with Gasteiger partial charge in [-0.1, -0.05) is 0 Å². The van der Waals surface area contributed by atoms with Crippen molar-refractivity contribution in [3.05, 3.63) is 48.6 Å². The van der Waals surface area contributed by atoms with E-state index in [9.17, 15) is 4.79 Å². The average molecular weight is 434 g/mol. The summed E-state index contributed by atoms with van der Waals surface area (Å²) in [4.78, 5) is 18.8. The van der Waals surface area contributed by atoms with Crippen LogP contribution in [0.2, 0.25) is 0 Å². The molecule has 3 heterocycles. The molecule has 4 rings (SSSR count). The highest BCUT2D eigenvalue weighted by molar-refractivity contribution is 5.92. The van der Waals surface area contributed by atoms with E-state index in [4.69, 9.17) is 14.3 Å². The standard InChI is InChI=1S/C20H23N5O4.ClH/c1-14-11-24(7-6-21-14)20(27)18-13-29-19(23-18)15-10-22-25(12-15)16-2-4-17(5-3-16)28-9-8-26;/h2-5,10,12-14,21,26H,6-9,11H2,1H3;1H/t14-;/m0./s1. The van der Waals surface area contributed by atoms with E-state index in [-0.39, 0.29) is 37.6 Å². The molecule has 10 heteroatoms. The maximum absolute atomic E-state index is 12.7. The highest BCUT2D eigenvalue weighted by atomic mass is 35.5. The number of halogens is 1. The highest BCUT2D eigenvalue weighted by Gasteiger charge is 2.24. The fourth-order valence-corrected chi connectivity index (χ4v) is 3.22. The number of aromatic nitrogens is 3. The van der Waals surface area contributed by atoms with Crippen LogP contribution in [0, 0.1) is 0 Å². The van der Waals surface area contributed by atoms with Gasteiger partial charge in [-0.05, 0) is 31.2 Å². The summed E-state index contributed by atoms with van der Waals surface area (Å²) < 4.78 is 12.6. The zero-order valence-electron chi connectivity index (χ0n) is 16.5. The van der Waals surface area contributed by atoms with Gasteiger partial charge in [0, 0.05) is 31.9 Å².